The van der Waals surface area contributed by atoms with E-state index in [1.165, 1.54) is 0 Å². The van der Waals surface area contributed by atoms with Crippen LogP contribution in [-0.2, 0) is 16.1 Å². The number of carboxylic acids is 1. The van der Waals surface area contributed by atoms with Gasteiger partial charge in [0.25, 0.3) is 0 Å². The summed E-state index contributed by atoms with van der Waals surface area (Å²) in [5, 5.41) is 8.76. The lowest BCUT2D eigenvalue weighted by Crippen LogP contribution is -2.32. The molecule has 2 unspecified atom stereocenters. The van der Waals surface area contributed by atoms with Crippen LogP contribution in [0.15, 0.2) is 30.3 Å². The Balaban J connectivity index is 1.44. The molecule has 0 spiro atoms. The lowest BCUT2D eigenvalue weighted by atomic mass is 10.2. The number of amides is 1. The number of ether oxygens (including phenoxy) is 1. The summed E-state index contributed by atoms with van der Waals surface area (Å²) in [7, 11) is 0. The minimum Gasteiger partial charge on any atom is -0.481 e. The average Bonchev–Trinajstić information content (AvgIpc) is 2.89. The van der Waals surface area contributed by atoms with E-state index >= 15 is 0 Å². The fourth-order valence-corrected chi connectivity index (χ4v) is 3.11. The van der Waals surface area contributed by atoms with E-state index in [0.717, 1.165) is 5.56 Å². The van der Waals surface area contributed by atoms with Gasteiger partial charge in [-0.3, -0.25) is 4.79 Å². The minimum atomic E-state index is -0.748. The summed E-state index contributed by atoms with van der Waals surface area (Å²) in [6, 6.07) is 9.56. The number of aliphatic carboxylic acids is 1. The second kappa shape index (κ2) is 5.15. The van der Waals surface area contributed by atoms with Crippen LogP contribution in [0.3, 0.4) is 0 Å². The molecule has 0 bridgehead atoms. The lowest BCUT2D eigenvalue weighted by Gasteiger charge is -2.19. The number of carbonyl (C=O) groups excluding carboxylic acids is 1. The second-order valence-corrected chi connectivity index (χ2v) is 5.53. The molecule has 1 saturated carbocycles. The van der Waals surface area contributed by atoms with Gasteiger partial charge in [-0.25, -0.2) is 4.79 Å². The molecule has 1 aliphatic heterocycles. The molecule has 106 valence electrons. The van der Waals surface area contributed by atoms with Crippen molar-refractivity contribution in [1.29, 1.82) is 0 Å². The van der Waals surface area contributed by atoms with Crippen LogP contribution in [-0.4, -0.2) is 35.2 Å². The molecule has 3 rings (SSSR count). The van der Waals surface area contributed by atoms with Crippen molar-refractivity contribution in [3.8, 4) is 0 Å². The summed E-state index contributed by atoms with van der Waals surface area (Å²) in [5.74, 6) is 0.221. The van der Waals surface area contributed by atoms with E-state index < -0.39 is 5.97 Å². The highest BCUT2D eigenvalue weighted by Gasteiger charge is 2.57. The van der Waals surface area contributed by atoms with Gasteiger partial charge in [-0.05, 0) is 23.3 Å². The van der Waals surface area contributed by atoms with Crippen LogP contribution in [0.25, 0.3) is 0 Å². The van der Waals surface area contributed by atoms with E-state index in [1.54, 1.807) is 4.90 Å². The Morgan fingerprint density at radius 2 is 1.85 bits per heavy atom. The quantitative estimate of drug-likeness (QED) is 0.912. The van der Waals surface area contributed by atoms with Crippen LogP contribution in [0.5, 0.6) is 0 Å². The summed E-state index contributed by atoms with van der Waals surface area (Å²) in [4.78, 5) is 24.2. The first-order chi connectivity index (χ1) is 9.65. The summed E-state index contributed by atoms with van der Waals surface area (Å²) in [6.07, 6.45) is -0.0717. The van der Waals surface area contributed by atoms with Crippen molar-refractivity contribution in [2.24, 2.45) is 17.8 Å². The van der Waals surface area contributed by atoms with Gasteiger partial charge in [0.2, 0.25) is 0 Å². The molecule has 1 saturated heterocycles. The first kappa shape index (κ1) is 13.0. The number of nitrogens with zero attached hydrogens (tertiary/aromatic N) is 1. The zero-order valence-electron chi connectivity index (χ0n) is 11.1. The van der Waals surface area contributed by atoms with Crippen molar-refractivity contribution >= 4 is 12.1 Å². The summed E-state index contributed by atoms with van der Waals surface area (Å²) in [5.41, 5.74) is 0.967. The molecule has 20 heavy (non-hydrogen) atoms. The minimum absolute atomic E-state index is 0.224. The van der Waals surface area contributed by atoms with Crippen LogP contribution in [0.2, 0.25) is 0 Å². The maximum atomic E-state index is 11.9. The molecule has 0 aromatic heterocycles. The monoisotopic (exact) mass is 275 g/mol. The van der Waals surface area contributed by atoms with Crippen LogP contribution < -0.4 is 0 Å². The van der Waals surface area contributed by atoms with Gasteiger partial charge in [-0.15, -0.1) is 0 Å². The van der Waals surface area contributed by atoms with E-state index in [9.17, 15) is 9.59 Å². The second-order valence-electron chi connectivity index (χ2n) is 5.53. The third-order valence-corrected chi connectivity index (χ3v) is 4.25. The van der Waals surface area contributed by atoms with Crippen molar-refractivity contribution < 1.29 is 19.4 Å². The Bertz CT molecular complexity index is 504. The number of hydrogen-bond acceptors (Lipinski definition) is 3. The molecule has 2 aliphatic rings. The number of carbonyl (C=O) groups is 2. The largest absolute Gasteiger partial charge is 0.481 e. The number of benzene rings is 1. The number of hydrogen-bond donors (Lipinski definition) is 1. The molecule has 5 nitrogen and oxygen atoms in total. The van der Waals surface area contributed by atoms with Crippen molar-refractivity contribution in [3.63, 3.8) is 0 Å². The normalized spacial score (nSPS) is 27.0. The average molecular weight is 275 g/mol. The van der Waals surface area contributed by atoms with Crippen molar-refractivity contribution in [2.45, 2.75) is 13.0 Å². The fourth-order valence-electron chi connectivity index (χ4n) is 3.11. The zero-order valence-corrected chi connectivity index (χ0v) is 11.1. The Hall–Kier alpha value is -2.04. The molecule has 1 aromatic carbocycles. The van der Waals surface area contributed by atoms with Gasteiger partial charge >= 0.3 is 12.1 Å². The van der Waals surface area contributed by atoms with Gasteiger partial charge in [-0.2, -0.15) is 0 Å². The van der Waals surface area contributed by atoms with Crippen LogP contribution in [0, 0.1) is 17.8 Å². The van der Waals surface area contributed by atoms with Gasteiger partial charge in [0, 0.05) is 19.5 Å². The van der Waals surface area contributed by atoms with Gasteiger partial charge in [-0.1, -0.05) is 30.3 Å². The number of likely N-dealkylation sites (tertiary alicyclic amines) is 1. The first-order valence-electron chi connectivity index (χ1n) is 6.82. The number of fused-ring (bicyclic) bond motifs is 1. The molecule has 0 radical (unpaired) electrons. The third kappa shape index (κ3) is 2.61. The summed E-state index contributed by atoms with van der Waals surface area (Å²) in [6.45, 7) is 1.55. The van der Waals surface area contributed by atoms with E-state index in [2.05, 4.69) is 0 Å². The highest BCUT2D eigenvalue weighted by molar-refractivity contribution is 5.70. The Morgan fingerprint density at radius 3 is 2.45 bits per heavy atom. The van der Waals surface area contributed by atoms with Crippen LogP contribution >= 0.6 is 0 Å². The van der Waals surface area contributed by atoms with E-state index in [1.807, 2.05) is 30.3 Å². The Morgan fingerprint density at radius 1 is 1.20 bits per heavy atom. The maximum Gasteiger partial charge on any atom is 0.410 e. The first-order valence-corrected chi connectivity index (χ1v) is 6.82. The highest BCUT2D eigenvalue weighted by atomic mass is 16.6. The molecular formula is C15H17NO4. The standard InChI is InChI=1S/C15H17NO4/c17-14(18)6-11-12-7-16(8-13(11)12)15(19)20-9-10-4-2-1-3-5-10/h1-5,11-13H,6-9H2,(H,17,18)/t11?,12-,13?/m0/s1. The zero-order chi connectivity index (χ0) is 14.1. The molecule has 1 heterocycles. The molecular weight excluding hydrogens is 258 g/mol. The van der Waals surface area contributed by atoms with Crippen molar-refractivity contribution in [2.75, 3.05) is 13.1 Å². The van der Waals surface area contributed by atoms with E-state index in [-0.39, 0.29) is 25.0 Å². The number of piperidine rings is 1. The maximum absolute atomic E-state index is 11.9. The van der Waals surface area contributed by atoms with Gasteiger partial charge in [0.1, 0.15) is 6.61 Å². The Labute approximate surface area is 117 Å². The third-order valence-electron chi connectivity index (χ3n) is 4.25. The van der Waals surface area contributed by atoms with Crippen LogP contribution in [0.1, 0.15) is 12.0 Å². The van der Waals surface area contributed by atoms with Gasteiger partial charge in [0.05, 0.1) is 0 Å². The van der Waals surface area contributed by atoms with Crippen molar-refractivity contribution in [3.05, 3.63) is 35.9 Å². The van der Waals surface area contributed by atoms with Crippen LogP contribution in [0.4, 0.5) is 4.79 Å². The predicted octanol–water partition coefficient (Wildman–Crippen LogP) is 1.98. The molecule has 5 heteroatoms. The molecule has 1 N–H and O–H groups in total. The number of carboxylic acid groups (broad SMARTS) is 1. The molecule has 2 fully saturated rings. The summed E-state index contributed by atoms with van der Waals surface area (Å²) >= 11 is 0. The number of rotatable bonds is 4. The Kier molecular flexibility index (Phi) is 3.34. The molecule has 1 amide bonds. The van der Waals surface area contributed by atoms with Crippen molar-refractivity contribution in [1.82, 2.24) is 4.90 Å². The topological polar surface area (TPSA) is 66.8 Å². The van der Waals surface area contributed by atoms with E-state index in [4.69, 9.17) is 9.84 Å². The molecule has 3 atom stereocenters. The summed E-state index contributed by atoms with van der Waals surface area (Å²) < 4.78 is 5.27. The van der Waals surface area contributed by atoms with Gasteiger partial charge in [0.15, 0.2) is 0 Å². The SMILES string of the molecule is O=C(O)CC1C2CN(C(=O)OCc3ccccc3)C[C@@H]12. The lowest BCUT2D eigenvalue weighted by molar-refractivity contribution is -0.137. The van der Waals surface area contributed by atoms with E-state index in [0.29, 0.717) is 24.9 Å². The fraction of sp³-hybridized carbons (Fsp3) is 0.467. The predicted molar refractivity (Wildman–Crippen MR) is 70.9 cm³/mol. The van der Waals surface area contributed by atoms with Gasteiger partial charge < -0.3 is 14.7 Å². The highest BCUT2D eigenvalue weighted by Crippen LogP contribution is 2.53. The smallest absolute Gasteiger partial charge is 0.410 e. The molecule has 1 aliphatic carbocycles. The molecule has 1 aromatic rings.